The van der Waals surface area contributed by atoms with Gasteiger partial charge in [-0.25, -0.2) is 4.39 Å². The highest BCUT2D eigenvalue weighted by molar-refractivity contribution is 5.29. The van der Waals surface area contributed by atoms with Crippen molar-refractivity contribution in [3.8, 4) is 0 Å². The number of aromatic nitrogens is 1. The van der Waals surface area contributed by atoms with Gasteiger partial charge in [-0.15, -0.1) is 0 Å². The summed E-state index contributed by atoms with van der Waals surface area (Å²) in [7, 11) is 1.75. The predicted octanol–water partition coefficient (Wildman–Crippen LogP) is 1.94. The molecule has 0 saturated carbocycles. The van der Waals surface area contributed by atoms with Crippen molar-refractivity contribution in [2.24, 2.45) is 0 Å². The minimum absolute atomic E-state index is 0.170. The molecule has 0 aliphatic heterocycles. The number of oxazole rings is 1. The van der Waals surface area contributed by atoms with Crippen molar-refractivity contribution in [2.75, 3.05) is 11.9 Å². The average molecular weight is 236 g/mol. The van der Waals surface area contributed by atoms with Crippen LogP contribution >= 0.6 is 0 Å². The quantitative estimate of drug-likeness (QED) is 0.881. The van der Waals surface area contributed by atoms with Crippen molar-refractivity contribution in [3.63, 3.8) is 0 Å². The molecule has 2 rings (SSSR count). The Morgan fingerprint density at radius 2 is 2.18 bits per heavy atom. The lowest BCUT2D eigenvalue weighted by Gasteiger charge is -2.14. The molecule has 1 aromatic carbocycles. The molecule has 0 aliphatic rings. The van der Waals surface area contributed by atoms with E-state index < -0.39 is 0 Å². The van der Waals surface area contributed by atoms with Crippen LogP contribution in [0.25, 0.3) is 0 Å². The second-order valence-corrected chi connectivity index (χ2v) is 3.73. The molecule has 0 aliphatic carbocycles. The fourth-order valence-corrected chi connectivity index (χ4v) is 1.49. The van der Waals surface area contributed by atoms with E-state index in [0.717, 1.165) is 0 Å². The lowest BCUT2D eigenvalue weighted by Crippen LogP contribution is -2.17. The summed E-state index contributed by atoms with van der Waals surface area (Å²) in [5.74, 6) is -0.256. The number of aliphatic hydroxyl groups is 1. The van der Waals surface area contributed by atoms with Crippen LogP contribution in [0.15, 0.2) is 34.9 Å². The van der Waals surface area contributed by atoms with Crippen LogP contribution in [0.3, 0.4) is 0 Å². The van der Waals surface area contributed by atoms with Crippen molar-refractivity contribution in [2.45, 2.75) is 13.2 Å². The Hall–Kier alpha value is -1.88. The Morgan fingerprint density at radius 3 is 2.82 bits per heavy atom. The molecule has 90 valence electrons. The normalized spacial score (nSPS) is 10.5. The molecular weight excluding hydrogens is 223 g/mol. The number of rotatable bonds is 4. The van der Waals surface area contributed by atoms with Crippen LogP contribution in [0.4, 0.5) is 10.4 Å². The Bertz CT molecular complexity index is 499. The van der Waals surface area contributed by atoms with Crippen LogP contribution in [0.2, 0.25) is 0 Å². The summed E-state index contributed by atoms with van der Waals surface area (Å²) in [4.78, 5) is 5.72. The summed E-state index contributed by atoms with van der Waals surface area (Å²) >= 11 is 0. The van der Waals surface area contributed by atoms with Crippen LogP contribution in [-0.4, -0.2) is 17.1 Å². The minimum atomic E-state index is -0.256. The SMILES string of the molecule is CN(Cc1ccccc1F)c1nc(CO)co1. The van der Waals surface area contributed by atoms with Gasteiger partial charge < -0.3 is 14.4 Å². The largest absolute Gasteiger partial charge is 0.432 e. The van der Waals surface area contributed by atoms with Crippen molar-refractivity contribution < 1.29 is 13.9 Å². The second-order valence-electron chi connectivity index (χ2n) is 3.73. The Balaban J connectivity index is 2.11. The lowest BCUT2D eigenvalue weighted by molar-refractivity contribution is 0.276. The highest BCUT2D eigenvalue weighted by atomic mass is 19.1. The average Bonchev–Trinajstić information content (AvgIpc) is 2.81. The van der Waals surface area contributed by atoms with Gasteiger partial charge in [0, 0.05) is 19.2 Å². The van der Waals surface area contributed by atoms with E-state index in [0.29, 0.717) is 23.8 Å². The standard InChI is InChI=1S/C12H13FN2O2/c1-15(12-14-10(7-16)8-17-12)6-9-4-2-3-5-11(9)13/h2-5,8,16H,6-7H2,1H3. The number of aliphatic hydroxyl groups excluding tert-OH is 1. The van der Waals surface area contributed by atoms with Crippen LogP contribution in [0.5, 0.6) is 0 Å². The molecule has 17 heavy (non-hydrogen) atoms. The van der Waals surface area contributed by atoms with Gasteiger partial charge in [-0.05, 0) is 6.07 Å². The first kappa shape index (κ1) is 11.6. The molecule has 0 radical (unpaired) electrons. The van der Waals surface area contributed by atoms with Crippen molar-refractivity contribution in [1.82, 2.24) is 4.98 Å². The van der Waals surface area contributed by atoms with Crippen LogP contribution < -0.4 is 4.90 Å². The van der Waals surface area contributed by atoms with E-state index >= 15 is 0 Å². The first-order valence-corrected chi connectivity index (χ1v) is 5.20. The monoisotopic (exact) mass is 236 g/mol. The number of halogens is 1. The molecule has 0 bridgehead atoms. The van der Waals surface area contributed by atoms with E-state index in [1.54, 1.807) is 30.1 Å². The van der Waals surface area contributed by atoms with Gasteiger partial charge in [-0.2, -0.15) is 4.98 Å². The summed E-state index contributed by atoms with van der Waals surface area (Å²) < 4.78 is 18.6. The molecule has 1 N–H and O–H groups in total. The van der Waals surface area contributed by atoms with Crippen molar-refractivity contribution >= 4 is 6.01 Å². The Labute approximate surface area is 98.3 Å². The summed E-state index contributed by atoms with van der Waals surface area (Å²) in [5.41, 5.74) is 1.03. The third-order valence-electron chi connectivity index (χ3n) is 2.39. The first-order chi connectivity index (χ1) is 8.20. The molecule has 2 aromatic rings. The van der Waals surface area contributed by atoms with Gasteiger partial charge in [-0.3, -0.25) is 0 Å². The smallest absolute Gasteiger partial charge is 0.297 e. The zero-order chi connectivity index (χ0) is 12.3. The molecule has 5 heteroatoms. The van der Waals surface area contributed by atoms with E-state index in [1.165, 1.54) is 12.3 Å². The number of benzene rings is 1. The highest BCUT2D eigenvalue weighted by Crippen LogP contribution is 2.16. The topological polar surface area (TPSA) is 49.5 Å². The van der Waals surface area contributed by atoms with Gasteiger partial charge in [0.1, 0.15) is 17.8 Å². The fourth-order valence-electron chi connectivity index (χ4n) is 1.49. The van der Waals surface area contributed by atoms with Gasteiger partial charge in [-0.1, -0.05) is 18.2 Å². The lowest BCUT2D eigenvalue weighted by atomic mass is 10.2. The summed E-state index contributed by atoms with van der Waals surface area (Å²) in [6.45, 7) is 0.190. The Morgan fingerprint density at radius 1 is 1.41 bits per heavy atom. The van der Waals surface area contributed by atoms with Gasteiger partial charge >= 0.3 is 0 Å². The summed E-state index contributed by atoms with van der Waals surface area (Å²) in [6, 6.07) is 6.91. The molecule has 0 spiro atoms. The maximum atomic E-state index is 13.4. The molecule has 4 nitrogen and oxygen atoms in total. The Kier molecular flexibility index (Phi) is 3.39. The maximum Gasteiger partial charge on any atom is 0.297 e. The minimum Gasteiger partial charge on any atom is -0.432 e. The van der Waals surface area contributed by atoms with Crippen molar-refractivity contribution in [1.29, 1.82) is 0 Å². The molecule has 0 saturated heterocycles. The summed E-state index contributed by atoms with van der Waals surface area (Å²) in [6.07, 6.45) is 1.38. The zero-order valence-electron chi connectivity index (χ0n) is 9.43. The van der Waals surface area contributed by atoms with Gasteiger partial charge in [0.25, 0.3) is 6.01 Å². The van der Waals surface area contributed by atoms with E-state index in [-0.39, 0.29) is 12.4 Å². The third-order valence-corrected chi connectivity index (χ3v) is 2.39. The number of anilines is 1. The van der Waals surface area contributed by atoms with E-state index in [1.807, 2.05) is 0 Å². The zero-order valence-corrected chi connectivity index (χ0v) is 9.43. The molecular formula is C12H13FN2O2. The van der Waals surface area contributed by atoms with Gasteiger partial charge in [0.15, 0.2) is 0 Å². The first-order valence-electron chi connectivity index (χ1n) is 5.20. The molecule has 0 atom stereocenters. The molecule has 0 amide bonds. The molecule has 1 heterocycles. The van der Waals surface area contributed by atoms with Crippen LogP contribution in [-0.2, 0) is 13.2 Å². The van der Waals surface area contributed by atoms with Crippen LogP contribution in [0.1, 0.15) is 11.3 Å². The fraction of sp³-hybridized carbons (Fsp3) is 0.250. The van der Waals surface area contributed by atoms with E-state index in [4.69, 9.17) is 9.52 Å². The number of hydrogen-bond acceptors (Lipinski definition) is 4. The predicted molar refractivity (Wildman–Crippen MR) is 60.9 cm³/mol. The van der Waals surface area contributed by atoms with E-state index in [9.17, 15) is 4.39 Å². The maximum absolute atomic E-state index is 13.4. The highest BCUT2D eigenvalue weighted by Gasteiger charge is 2.11. The molecule has 0 fully saturated rings. The van der Waals surface area contributed by atoms with Crippen LogP contribution in [0, 0.1) is 5.82 Å². The third kappa shape index (κ3) is 2.62. The molecule has 0 unspecified atom stereocenters. The van der Waals surface area contributed by atoms with Gasteiger partial charge in [0.2, 0.25) is 0 Å². The number of hydrogen-bond donors (Lipinski definition) is 1. The van der Waals surface area contributed by atoms with Gasteiger partial charge in [0.05, 0.1) is 6.61 Å². The summed E-state index contributed by atoms with van der Waals surface area (Å²) in [5, 5.41) is 8.87. The number of nitrogens with zero attached hydrogens (tertiary/aromatic N) is 2. The molecule has 1 aromatic heterocycles. The van der Waals surface area contributed by atoms with Crippen molar-refractivity contribution in [3.05, 3.63) is 47.6 Å². The van der Waals surface area contributed by atoms with E-state index in [2.05, 4.69) is 4.98 Å². The second kappa shape index (κ2) is 4.97.